The molecule has 3 N–H and O–H groups in total. The Morgan fingerprint density at radius 1 is 1.11 bits per heavy atom. The van der Waals surface area contributed by atoms with Crippen LogP contribution in [0.15, 0.2) is 12.1 Å². The van der Waals surface area contributed by atoms with E-state index in [1.165, 1.54) is 13.0 Å². The molecular weight excluding hydrogens is 629 g/mol. The Labute approximate surface area is 267 Å². The van der Waals surface area contributed by atoms with Gasteiger partial charge in [-0.15, -0.1) is 0 Å². The molecule has 6 heterocycles. The summed E-state index contributed by atoms with van der Waals surface area (Å²) in [6.07, 6.45) is 0.449. The van der Waals surface area contributed by atoms with Gasteiger partial charge in [0.1, 0.15) is 29.9 Å². The van der Waals surface area contributed by atoms with Crippen LogP contribution in [0, 0.1) is 18.2 Å². The largest absolute Gasteiger partial charge is 0.461 e. The van der Waals surface area contributed by atoms with E-state index in [1.54, 1.807) is 0 Å². The average molecular weight is 664 g/mol. The number of benzene rings is 1. The predicted octanol–water partition coefficient (Wildman–Crippen LogP) is 6.07. The molecule has 14 heteroatoms. The van der Waals surface area contributed by atoms with E-state index >= 15 is 4.39 Å². The van der Waals surface area contributed by atoms with Gasteiger partial charge in [0.05, 0.1) is 27.4 Å². The molecule has 4 saturated heterocycles. The molecule has 5 fully saturated rings. The number of pyridine rings is 1. The van der Waals surface area contributed by atoms with Gasteiger partial charge in [-0.1, -0.05) is 11.6 Å². The predicted molar refractivity (Wildman–Crippen MR) is 164 cm³/mol. The normalized spacial score (nSPS) is 28.7. The van der Waals surface area contributed by atoms with E-state index in [1.807, 2.05) is 4.90 Å². The van der Waals surface area contributed by atoms with Gasteiger partial charge in [-0.3, -0.25) is 4.90 Å². The van der Waals surface area contributed by atoms with E-state index in [-0.39, 0.29) is 51.4 Å². The molecule has 46 heavy (non-hydrogen) atoms. The second-order valence-electron chi connectivity index (χ2n) is 14.1. The zero-order valence-electron chi connectivity index (χ0n) is 25.4. The van der Waals surface area contributed by atoms with Crippen molar-refractivity contribution in [2.24, 2.45) is 5.41 Å². The third-order valence-electron chi connectivity index (χ3n) is 10.8. The topological polar surface area (TPSA) is 92.4 Å². The number of rotatable bonds is 5. The van der Waals surface area contributed by atoms with Crippen molar-refractivity contribution in [3.63, 3.8) is 0 Å². The highest BCUT2D eigenvalue weighted by Gasteiger charge is 2.62. The molecule has 2 bridgehead atoms. The van der Waals surface area contributed by atoms with Crippen LogP contribution >= 0.6 is 11.6 Å². The van der Waals surface area contributed by atoms with Crippen LogP contribution in [0.2, 0.25) is 5.02 Å². The first-order chi connectivity index (χ1) is 21.8. The number of aryl methyl sites for hydroxylation is 1. The molecule has 246 valence electrons. The number of alkyl halides is 4. The molecule has 4 atom stereocenters. The quantitative estimate of drug-likeness (QED) is 0.318. The molecule has 0 radical (unpaired) electrons. The van der Waals surface area contributed by atoms with Gasteiger partial charge in [0.25, 0.3) is 0 Å². The molecule has 0 unspecified atom stereocenters. The molecular formula is C32H35ClF5N7O. The molecule has 5 aliphatic rings. The fourth-order valence-corrected chi connectivity index (χ4v) is 8.86. The summed E-state index contributed by atoms with van der Waals surface area (Å²) in [4.78, 5) is 17.4. The maximum absolute atomic E-state index is 16.8. The molecule has 1 saturated carbocycles. The average Bonchev–Trinajstić information content (AvgIpc) is 3.38. The standard InChI is InChI=1S/C32H35ClF5N7O/c1-16-8-22(39)41-27(24(16)32(36,37)38)23-21(33)9-20-26(25(23)35)42-29(43-28(20)44-7-4-18-2-3-19(12-44)40-18)46-15-31-10-17(34)11-45(31)14-30(13-31)5-6-30/h8-9,17-19,40H,2-7,10-15H2,1H3,(H2,39,41)/t17-,18-,19+,31+/m1/s1. The zero-order chi connectivity index (χ0) is 32.2. The first kappa shape index (κ1) is 30.3. The summed E-state index contributed by atoms with van der Waals surface area (Å²) in [5, 5.41) is 3.61. The molecule has 1 aliphatic carbocycles. The fraction of sp³-hybridized carbons (Fsp3) is 0.594. The van der Waals surface area contributed by atoms with Gasteiger partial charge in [-0.2, -0.15) is 23.1 Å². The van der Waals surface area contributed by atoms with Crippen LogP contribution in [0.5, 0.6) is 6.01 Å². The van der Waals surface area contributed by atoms with Crippen molar-refractivity contribution in [2.75, 3.05) is 43.4 Å². The van der Waals surface area contributed by atoms with Crippen LogP contribution < -0.4 is 20.7 Å². The third-order valence-corrected chi connectivity index (χ3v) is 11.1. The second kappa shape index (κ2) is 10.5. The summed E-state index contributed by atoms with van der Waals surface area (Å²) in [5.41, 5.74) is 2.74. The maximum atomic E-state index is 16.8. The highest BCUT2D eigenvalue weighted by Crippen LogP contribution is 2.61. The Bertz CT molecular complexity index is 1740. The van der Waals surface area contributed by atoms with Crippen LogP contribution in [0.4, 0.5) is 33.6 Å². The number of anilines is 2. The Kier molecular flexibility index (Phi) is 6.91. The molecule has 1 spiro atoms. The summed E-state index contributed by atoms with van der Waals surface area (Å²) < 4.78 is 80.6. The number of aromatic nitrogens is 3. The van der Waals surface area contributed by atoms with Gasteiger partial charge in [0.2, 0.25) is 0 Å². The number of nitrogens with one attached hydrogen (secondary N) is 1. The van der Waals surface area contributed by atoms with Crippen LogP contribution in [-0.2, 0) is 6.18 Å². The van der Waals surface area contributed by atoms with Gasteiger partial charge in [0.15, 0.2) is 5.82 Å². The van der Waals surface area contributed by atoms with Crippen molar-refractivity contribution < 1.29 is 26.7 Å². The first-order valence-electron chi connectivity index (χ1n) is 15.9. The van der Waals surface area contributed by atoms with Crippen LogP contribution in [-0.4, -0.2) is 76.4 Å². The van der Waals surface area contributed by atoms with Crippen molar-refractivity contribution in [1.82, 2.24) is 25.2 Å². The Morgan fingerprint density at radius 3 is 2.65 bits per heavy atom. The monoisotopic (exact) mass is 663 g/mol. The van der Waals surface area contributed by atoms with Crippen molar-refractivity contribution >= 4 is 34.1 Å². The molecule has 8 rings (SSSR count). The number of nitrogens with two attached hydrogens (primary N) is 1. The summed E-state index contributed by atoms with van der Waals surface area (Å²) in [7, 11) is 0. The van der Waals surface area contributed by atoms with Crippen LogP contribution in [0.25, 0.3) is 22.2 Å². The smallest absolute Gasteiger partial charge is 0.418 e. The number of fused-ring (bicyclic) bond motifs is 4. The van der Waals surface area contributed by atoms with Gasteiger partial charge < -0.3 is 20.7 Å². The Balaban J connectivity index is 1.26. The van der Waals surface area contributed by atoms with Crippen molar-refractivity contribution in [3.8, 4) is 17.3 Å². The lowest BCUT2D eigenvalue weighted by Crippen LogP contribution is -2.43. The molecule has 3 aromatic rings. The van der Waals surface area contributed by atoms with Crippen molar-refractivity contribution in [1.29, 1.82) is 0 Å². The molecule has 4 aliphatic heterocycles. The minimum Gasteiger partial charge on any atom is -0.461 e. The lowest BCUT2D eigenvalue weighted by molar-refractivity contribution is -0.137. The summed E-state index contributed by atoms with van der Waals surface area (Å²) >= 11 is 6.62. The minimum atomic E-state index is -4.85. The zero-order valence-corrected chi connectivity index (χ0v) is 26.1. The van der Waals surface area contributed by atoms with Gasteiger partial charge in [0, 0.05) is 50.1 Å². The SMILES string of the molecule is Cc1cc(N)nc(-c2c(Cl)cc3c(N4CC[C@H]5CC[C@@H](C4)N5)nc(OC[C@@]45C[C@@H](F)CN4CC4(CC4)C5)nc3c2F)c1C(F)(F)F. The highest BCUT2D eigenvalue weighted by molar-refractivity contribution is 6.34. The highest BCUT2D eigenvalue weighted by atomic mass is 35.5. The Hall–Kier alpha value is -3.03. The number of halogens is 6. The number of ether oxygens (including phenoxy) is 1. The van der Waals surface area contributed by atoms with Gasteiger partial charge in [-0.05, 0) is 68.6 Å². The summed E-state index contributed by atoms with van der Waals surface area (Å²) in [6, 6.07) is 2.95. The number of nitrogens with zero attached hydrogens (tertiary/aromatic N) is 5. The van der Waals surface area contributed by atoms with Gasteiger partial charge in [-0.25, -0.2) is 13.8 Å². The third kappa shape index (κ3) is 5.04. The van der Waals surface area contributed by atoms with Crippen molar-refractivity contribution in [2.45, 2.75) is 81.8 Å². The van der Waals surface area contributed by atoms with E-state index in [2.05, 4.69) is 20.2 Å². The lowest BCUT2D eigenvalue weighted by Gasteiger charge is -2.31. The van der Waals surface area contributed by atoms with E-state index in [9.17, 15) is 17.6 Å². The van der Waals surface area contributed by atoms with Crippen molar-refractivity contribution in [3.05, 3.63) is 34.1 Å². The molecule has 8 nitrogen and oxygen atoms in total. The molecule has 0 amide bonds. The maximum Gasteiger partial charge on any atom is 0.418 e. The number of nitrogen functional groups attached to an aromatic ring is 1. The fourth-order valence-electron chi connectivity index (χ4n) is 8.58. The lowest BCUT2D eigenvalue weighted by atomic mass is 9.89. The Morgan fingerprint density at radius 2 is 1.89 bits per heavy atom. The summed E-state index contributed by atoms with van der Waals surface area (Å²) in [5.74, 6) is -0.883. The van der Waals surface area contributed by atoms with Gasteiger partial charge >= 0.3 is 12.2 Å². The van der Waals surface area contributed by atoms with E-state index in [0.29, 0.717) is 37.9 Å². The van der Waals surface area contributed by atoms with E-state index in [0.717, 1.165) is 51.1 Å². The van der Waals surface area contributed by atoms with E-state index in [4.69, 9.17) is 27.1 Å². The number of hydrogen-bond donors (Lipinski definition) is 2. The first-order valence-corrected chi connectivity index (χ1v) is 16.3. The van der Waals surface area contributed by atoms with E-state index < -0.39 is 40.5 Å². The number of hydrogen-bond acceptors (Lipinski definition) is 8. The van der Waals surface area contributed by atoms with Crippen LogP contribution in [0.1, 0.15) is 56.1 Å². The molecule has 1 aromatic carbocycles. The minimum absolute atomic E-state index is 0.113. The second-order valence-corrected chi connectivity index (χ2v) is 14.5. The molecule has 2 aromatic heterocycles. The van der Waals surface area contributed by atoms with Crippen LogP contribution in [0.3, 0.4) is 0 Å². The summed E-state index contributed by atoms with van der Waals surface area (Å²) in [6.45, 7) is 3.77.